The molecular formula is C28H20N4O3. The third kappa shape index (κ3) is 4.33. The first-order chi connectivity index (χ1) is 17.0. The van der Waals surface area contributed by atoms with Crippen molar-refractivity contribution in [1.82, 2.24) is 15.0 Å². The summed E-state index contributed by atoms with van der Waals surface area (Å²) in [5, 5.41) is 20.8. The van der Waals surface area contributed by atoms with Gasteiger partial charge in [0.25, 0.3) is 0 Å². The third-order valence-corrected chi connectivity index (χ3v) is 5.65. The van der Waals surface area contributed by atoms with Crippen LogP contribution in [0.5, 0.6) is 0 Å². The van der Waals surface area contributed by atoms with E-state index in [0.29, 0.717) is 27.7 Å². The molecule has 170 valence electrons. The zero-order valence-corrected chi connectivity index (χ0v) is 18.8. The number of hydrogen-bond donors (Lipinski definition) is 2. The number of nitriles is 1. The summed E-state index contributed by atoms with van der Waals surface area (Å²) in [6, 6.07) is 26.1. The first kappa shape index (κ1) is 21.9. The molecule has 35 heavy (non-hydrogen) atoms. The van der Waals surface area contributed by atoms with Gasteiger partial charge in [0.2, 0.25) is 0 Å². The van der Waals surface area contributed by atoms with Crippen molar-refractivity contribution in [3.05, 3.63) is 102 Å². The molecule has 0 radical (unpaired) electrons. The van der Waals surface area contributed by atoms with Gasteiger partial charge in [-0.1, -0.05) is 60.2 Å². The number of pyridine rings is 1. The highest BCUT2D eigenvalue weighted by Crippen LogP contribution is 2.26. The molecule has 7 heteroatoms. The fourth-order valence-electron chi connectivity index (χ4n) is 3.83. The number of nitrogens with one attached hydrogen (secondary N) is 1. The predicted molar refractivity (Wildman–Crippen MR) is 133 cm³/mol. The minimum Gasteiger partial charge on any atom is -0.507 e. The van der Waals surface area contributed by atoms with Crippen LogP contribution in [0.25, 0.3) is 38.8 Å². The Balaban J connectivity index is 1.46. The fourth-order valence-corrected chi connectivity index (χ4v) is 3.83. The summed E-state index contributed by atoms with van der Waals surface area (Å²) < 4.78 is 5.42. The van der Waals surface area contributed by atoms with Gasteiger partial charge in [0.05, 0.1) is 27.8 Å². The number of aryl methyl sites for hydroxylation is 1. The minimum absolute atomic E-state index is 0.0890. The Morgan fingerprint density at radius 2 is 1.71 bits per heavy atom. The van der Waals surface area contributed by atoms with Crippen LogP contribution in [0.15, 0.2) is 84.6 Å². The number of nitrogens with zero attached hydrogens (tertiary/aromatic N) is 3. The molecule has 0 saturated carbocycles. The number of rotatable bonds is 5. The number of aromatic amines is 1. The van der Waals surface area contributed by atoms with Crippen molar-refractivity contribution in [2.75, 3.05) is 6.61 Å². The number of aliphatic hydroxyl groups is 1. The number of benzene rings is 3. The molecule has 0 atom stereocenters. The summed E-state index contributed by atoms with van der Waals surface area (Å²) in [6.07, 6.45) is 0. The second kappa shape index (κ2) is 9.12. The lowest BCUT2D eigenvalue weighted by molar-refractivity contribution is 0.0505. The van der Waals surface area contributed by atoms with E-state index in [2.05, 4.69) is 9.97 Å². The quantitative estimate of drug-likeness (QED) is 0.197. The lowest BCUT2D eigenvalue weighted by atomic mass is 10.0. The van der Waals surface area contributed by atoms with Crippen LogP contribution in [0.2, 0.25) is 0 Å². The molecule has 0 aliphatic heterocycles. The first-order valence-electron chi connectivity index (χ1n) is 10.9. The van der Waals surface area contributed by atoms with Crippen molar-refractivity contribution in [3.63, 3.8) is 0 Å². The molecule has 5 rings (SSSR count). The van der Waals surface area contributed by atoms with Gasteiger partial charge in [-0.3, -0.25) is 0 Å². The Morgan fingerprint density at radius 1 is 1.00 bits per heavy atom. The molecule has 0 aliphatic rings. The number of aromatic nitrogens is 3. The largest absolute Gasteiger partial charge is 0.507 e. The van der Waals surface area contributed by atoms with Crippen LogP contribution in [0.1, 0.15) is 21.7 Å². The number of carbonyl (C=O) groups excluding carboxylic acids is 1. The summed E-state index contributed by atoms with van der Waals surface area (Å²) in [5.41, 5.74) is 4.89. The average molecular weight is 460 g/mol. The molecule has 0 aliphatic carbocycles. The fraction of sp³-hybridized carbons (Fsp3) is 0.0714. The molecule has 2 heterocycles. The molecule has 2 aromatic heterocycles. The van der Waals surface area contributed by atoms with Crippen molar-refractivity contribution in [2.45, 2.75) is 6.92 Å². The second-order valence-corrected chi connectivity index (χ2v) is 8.05. The number of allylic oxidation sites excluding steroid dienone is 1. The highest BCUT2D eigenvalue weighted by atomic mass is 16.5. The Bertz CT molecular complexity index is 1610. The highest BCUT2D eigenvalue weighted by Gasteiger charge is 2.18. The average Bonchev–Trinajstić information content (AvgIpc) is 3.31. The standard InChI is InChI=1S/C28H20N4O3/c1-17-10-12-18(13-11-17)25-14-20(19-6-2-3-7-22(19)30-25)28(34)35-16-26(33)21(15-29)27-31-23-8-4-5-9-24(23)32-27/h2-14,33H,16H2,1H3,(H,31,32). The van der Waals surface area contributed by atoms with E-state index in [-0.39, 0.29) is 11.4 Å². The number of fused-ring (bicyclic) bond motifs is 2. The van der Waals surface area contributed by atoms with Crippen molar-refractivity contribution < 1.29 is 14.6 Å². The first-order valence-corrected chi connectivity index (χ1v) is 10.9. The van der Waals surface area contributed by atoms with Gasteiger partial charge in [-0.05, 0) is 31.2 Å². The second-order valence-electron chi connectivity index (χ2n) is 8.05. The summed E-state index contributed by atoms with van der Waals surface area (Å²) in [6.45, 7) is 1.52. The molecule has 3 aromatic carbocycles. The topological polar surface area (TPSA) is 112 Å². The number of carbonyl (C=O) groups is 1. The van der Waals surface area contributed by atoms with E-state index >= 15 is 0 Å². The van der Waals surface area contributed by atoms with Gasteiger partial charge in [-0.15, -0.1) is 0 Å². The van der Waals surface area contributed by atoms with Crippen molar-refractivity contribution >= 4 is 33.5 Å². The van der Waals surface area contributed by atoms with E-state index in [1.807, 2.05) is 73.7 Å². The number of hydrogen-bond acceptors (Lipinski definition) is 6. The number of H-pyrrole nitrogens is 1. The summed E-state index contributed by atoms with van der Waals surface area (Å²) in [5.74, 6) is -0.819. The van der Waals surface area contributed by atoms with Gasteiger partial charge in [0.1, 0.15) is 18.2 Å². The number of para-hydroxylation sites is 3. The van der Waals surface area contributed by atoms with E-state index in [4.69, 9.17) is 9.72 Å². The molecule has 0 fully saturated rings. The van der Waals surface area contributed by atoms with E-state index in [1.165, 1.54) is 0 Å². The number of esters is 1. The van der Waals surface area contributed by atoms with E-state index in [9.17, 15) is 15.2 Å². The van der Waals surface area contributed by atoms with Gasteiger partial charge in [0, 0.05) is 10.9 Å². The van der Waals surface area contributed by atoms with Crippen LogP contribution in [0, 0.1) is 18.3 Å². The van der Waals surface area contributed by atoms with Gasteiger partial charge in [-0.25, -0.2) is 14.8 Å². The third-order valence-electron chi connectivity index (χ3n) is 5.65. The highest BCUT2D eigenvalue weighted by molar-refractivity contribution is 6.04. The lowest BCUT2D eigenvalue weighted by Crippen LogP contribution is -2.10. The summed E-state index contributed by atoms with van der Waals surface area (Å²) in [7, 11) is 0. The Labute approximate surface area is 201 Å². The molecule has 0 spiro atoms. The summed E-state index contributed by atoms with van der Waals surface area (Å²) in [4.78, 5) is 25.1. The van der Waals surface area contributed by atoms with Crippen LogP contribution < -0.4 is 0 Å². The Hall–Kier alpha value is -4.96. The van der Waals surface area contributed by atoms with Crippen LogP contribution in [0.4, 0.5) is 0 Å². The smallest absolute Gasteiger partial charge is 0.339 e. The molecule has 7 nitrogen and oxygen atoms in total. The van der Waals surface area contributed by atoms with Crippen LogP contribution in [-0.2, 0) is 4.74 Å². The van der Waals surface area contributed by atoms with Gasteiger partial charge in [-0.2, -0.15) is 5.26 Å². The maximum atomic E-state index is 13.1. The van der Waals surface area contributed by atoms with E-state index in [1.54, 1.807) is 18.2 Å². The Morgan fingerprint density at radius 3 is 2.46 bits per heavy atom. The molecule has 0 saturated heterocycles. The predicted octanol–water partition coefficient (Wildman–Crippen LogP) is 5.74. The number of imidazole rings is 1. The lowest BCUT2D eigenvalue weighted by Gasteiger charge is -2.10. The molecular weight excluding hydrogens is 440 g/mol. The van der Waals surface area contributed by atoms with Gasteiger partial charge in [0.15, 0.2) is 11.6 Å². The normalized spacial score (nSPS) is 11.8. The van der Waals surface area contributed by atoms with Gasteiger partial charge < -0.3 is 14.8 Å². The monoisotopic (exact) mass is 460 g/mol. The zero-order valence-electron chi connectivity index (χ0n) is 18.8. The van der Waals surface area contributed by atoms with Crippen LogP contribution in [0.3, 0.4) is 0 Å². The molecule has 0 bridgehead atoms. The van der Waals surface area contributed by atoms with Crippen LogP contribution in [-0.4, -0.2) is 32.6 Å². The molecule has 5 aromatic rings. The van der Waals surface area contributed by atoms with Crippen LogP contribution >= 0.6 is 0 Å². The van der Waals surface area contributed by atoms with Crippen molar-refractivity contribution in [1.29, 1.82) is 5.26 Å². The zero-order chi connectivity index (χ0) is 24.4. The minimum atomic E-state index is -0.634. The molecule has 0 unspecified atom stereocenters. The van der Waals surface area contributed by atoms with Crippen molar-refractivity contribution in [2.24, 2.45) is 0 Å². The number of aliphatic hydroxyl groups excluding tert-OH is 1. The van der Waals surface area contributed by atoms with E-state index < -0.39 is 18.3 Å². The maximum Gasteiger partial charge on any atom is 0.339 e. The van der Waals surface area contributed by atoms with E-state index in [0.717, 1.165) is 16.6 Å². The number of ether oxygens (including phenoxy) is 1. The molecule has 0 amide bonds. The van der Waals surface area contributed by atoms with Crippen molar-refractivity contribution in [3.8, 4) is 17.3 Å². The Kier molecular flexibility index (Phi) is 5.70. The SMILES string of the molecule is Cc1ccc(-c2cc(C(=O)OCC(O)=C(C#N)c3nc4ccccc4[nH]3)c3ccccc3n2)cc1. The molecule has 2 N–H and O–H groups in total. The van der Waals surface area contributed by atoms with Gasteiger partial charge >= 0.3 is 5.97 Å². The summed E-state index contributed by atoms with van der Waals surface area (Å²) >= 11 is 0. The maximum absolute atomic E-state index is 13.1.